The first-order valence-electron chi connectivity index (χ1n) is 6.45. The molecule has 0 aliphatic carbocycles. The van der Waals surface area contributed by atoms with Gasteiger partial charge in [0.25, 0.3) is 5.56 Å². The van der Waals surface area contributed by atoms with Gasteiger partial charge in [0.05, 0.1) is 28.9 Å². The van der Waals surface area contributed by atoms with Crippen molar-refractivity contribution in [2.75, 3.05) is 18.5 Å². The van der Waals surface area contributed by atoms with Crippen LogP contribution in [0.5, 0.6) is 0 Å². The summed E-state index contributed by atoms with van der Waals surface area (Å²) in [4.78, 5) is 25.6. The fourth-order valence-electron chi connectivity index (χ4n) is 2.15. The number of hydrogen-bond acceptors (Lipinski definition) is 3. The minimum Gasteiger partial charge on any atom is -0.375 e. The fourth-order valence-corrected chi connectivity index (χ4v) is 2.68. The molecule has 1 aliphatic heterocycles. The van der Waals surface area contributed by atoms with Crippen LogP contribution in [0.4, 0.5) is 10.5 Å². The molecule has 110 valence electrons. The van der Waals surface area contributed by atoms with E-state index in [1.54, 1.807) is 24.2 Å². The number of aryl methyl sites for hydroxylation is 1. The quantitative estimate of drug-likeness (QED) is 0.845. The summed E-state index contributed by atoms with van der Waals surface area (Å²) in [5, 5.41) is 2.81. The van der Waals surface area contributed by atoms with Gasteiger partial charge < -0.3 is 19.5 Å². The Morgan fingerprint density at radius 1 is 1.50 bits per heavy atom. The third kappa shape index (κ3) is 3.04. The number of aromatic nitrogens is 1. The Kier molecular flexibility index (Phi) is 4.49. The first-order valence-corrected chi connectivity index (χ1v) is 7.25. The lowest BCUT2D eigenvalue weighted by Crippen LogP contribution is -2.52. The monoisotopic (exact) mass is 343 g/mol. The number of hydrogen-bond donors (Lipinski definition) is 1. The van der Waals surface area contributed by atoms with Crippen LogP contribution in [-0.2, 0) is 11.8 Å². The van der Waals surface area contributed by atoms with Crippen molar-refractivity contribution in [3.8, 4) is 0 Å². The van der Waals surface area contributed by atoms with Gasteiger partial charge in [0.2, 0.25) is 0 Å². The Hall–Kier alpha value is -1.34. The number of urea groups is 1. The van der Waals surface area contributed by atoms with Gasteiger partial charge >= 0.3 is 6.03 Å². The third-order valence-electron chi connectivity index (χ3n) is 3.54. The molecule has 0 spiro atoms. The predicted octanol–water partition coefficient (Wildman–Crippen LogP) is 1.79. The van der Waals surface area contributed by atoms with Crippen LogP contribution < -0.4 is 10.9 Å². The largest absolute Gasteiger partial charge is 0.375 e. The summed E-state index contributed by atoms with van der Waals surface area (Å²) in [6.45, 7) is 5.01. The van der Waals surface area contributed by atoms with Gasteiger partial charge in [-0.25, -0.2) is 4.79 Å². The molecule has 1 aromatic heterocycles. The Balaban J connectivity index is 2.13. The number of pyridine rings is 1. The van der Waals surface area contributed by atoms with E-state index >= 15 is 0 Å². The molecule has 2 amide bonds. The van der Waals surface area contributed by atoms with E-state index in [4.69, 9.17) is 4.74 Å². The minimum atomic E-state index is -0.182. The van der Waals surface area contributed by atoms with Crippen LogP contribution in [0.1, 0.15) is 13.8 Å². The van der Waals surface area contributed by atoms with Crippen molar-refractivity contribution >= 4 is 27.6 Å². The van der Waals surface area contributed by atoms with Gasteiger partial charge in [0.1, 0.15) is 0 Å². The first kappa shape index (κ1) is 15.1. The van der Waals surface area contributed by atoms with E-state index in [1.807, 2.05) is 13.8 Å². The third-order valence-corrected chi connectivity index (χ3v) is 4.10. The first-order chi connectivity index (χ1) is 9.40. The molecular weight excluding hydrogens is 326 g/mol. The molecule has 0 aromatic carbocycles. The van der Waals surface area contributed by atoms with Crippen molar-refractivity contribution in [2.24, 2.45) is 7.05 Å². The summed E-state index contributed by atoms with van der Waals surface area (Å²) in [5.74, 6) is 0. The molecule has 1 N–H and O–H groups in total. The van der Waals surface area contributed by atoms with E-state index in [1.165, 1.54) is 4.57 Å². The van der Waals surface area contributed by atoms with Crippen molar-refractivity contribution < 1.29 is 9.53 Å². The molecule has 1 saturated heterocycles. The zero-order valence-electron chi connectivity index (χ0n) is 11.7. The number of amides is 2. The van der Waals surface area contributed by atoms with Crippen LogP contribution in [0.25, 0.3) is 0 Å². The molecule has 2 atom stereocenters. The van der Waals surface area contributed by atoms with Gasteiger partial charge in [0.15, 0.2) is 0 Å². The summed E-state index contributed by atoms with van der Waals surface area (Å²) in [7, 11) is 1.64. The number of carbonyl (C=O) groups is 1. The van der Waals surface area contributed by atoms with Crippen molar-refractivity contribution in [2.45, 2.75) is 26.0 Å². The van der Waals surface area contributed by atoms with E-state index in [0.717, 1.165) is 0 Å². The van der Waals surface area contributed by atoms with Crippen LogP contribution in [0.2, 0.25) is 0 Å². The lowest BCUT2D eigenvalue weighted by molar-refractivity contribution is -0.0355. The van der Waals surface area contributed by atoms with Crippen LogP contribution in [-0.4, -0.2) is 40.8 Å². The number of rotatable bonds is 1. The highest BCUT2D eigenvalue weighted by molar-refractivity contribution is 9.10. The molecule has 1 aliphatic rings. The highest BCUT2D eigenvalue weighted by Crippen LogP contribution is 2.16. The molecule has 1 aromatic rings. The molecule has 0 saturated carbocycles. The molecule has 20 heavy (non-hydrogen) atoms. The lowest BCUT2D eigenvalue weighted by Gasteiger charge is -2.37. The summed E-state index contributed by atoms with van der Waals surface area (Å²) in [6, 6.07) is 1.44. The van der Waals surface area contributed by atoms with Crippen molar-refractivity contribution in [1.82, 2.24) is 9.47 Å². The van der Waals surface area contributed by atoms with Gasteiger partial charge in [0, 0.05) is 19.8 Å². The molecule has 7 heteroatoms. The maximum absolute atomic E-state index is 12.3. The Labute approximate surface area is 125 Å². The summed E-state index contributed by atoms with van der Waals surface area (Å²) >= 11 is 3.19. The Morgan fingerprint density at radius 2 is 2.20 bits per heavy atom. The number of ether oxygens (including phenoxy) is 1. The number of morpholine rings is 1. The van der Waals surface area contributed by atoms with E-state index in [0.29, 0.717) is 23.3 Å². The minimum absolute atomic E-state index is 0.0136. The topological polar surface area (TPSA) is 63.6 Å². The second-order valence-electron chi connectivity index (χ2n) is 4.93. The number of carbonyl (C=O) groups excluding carboxylic acids is 1. The molecule has 6 nitrogen and oxygen atoms in total. The van der Waals surface area contributed by atoms with Crippen LogP contribution in [0, 0.1) is 0 Å². The smallest absolute Gasteiger partial charge is 0.322 e. The number of nitrogens with one attached hydrogen (secondary N) is 1. The maximum Gasteiger partial charge on any atom is 0.322 e. The molecule has 0 unspecified atom stereocenters. The lowest BCUT2D eigenvalue weighted by atomic mass is 10.1. The molecule has 2 rings (SSSR count). The van der Waals surface area contributed by atoms with E-state index < -0.39 is 0 Å². The van der Waals surface area contributed by atoms with E-state index in [9.17, 15) is 9.59 Å². The van der Waals surface area contributed by atoms with Gasteiger partial charge in [-0.1, -0.05) is 0 Å². The summed E-state index contributed by atoms with van der Waals surface area (Å²) in [5.41, 5.74) is 0.437. The highest BCUT2D eigenvalue weighted by Gasteiger charge is 2.29. The van der Waals surface area contributed by atoms with Crippen molar-refractivity contribution in [3.05, 3.63) is 27.1 Å². The van der Waals surface area contributed by atoms with Gasteiger partial charge in [-0.05, 0) is 35.8 Å². The fraction of sp³-hybridized carbons (Fsp3) is 0.538. The second kappa shape index (κ2) is 5.97. The average Bonchev–Trinajstić information content (AvgIpc) is 2.39. The molecule has 0 radical (unpaired) electrons. The van der Waals surface area contributed by atoms with Crippen LogP contribution >= 0.6 is 15.9 Å². The number of anilines is 1. The molecule has 1 fully saturated rings. The number of nitrogens with zero attached hydrogens (tertiary/aromatic N) is 2. The Bertz CT molecular complexity index is 546. The number of halogens is 1. The molecule has 0 bridgehead atoms. The average molecular weight is 344 g/mol. The van der Waals surface area contributed by atoms with Gasteiger partial charge in [-0.2, -0.15) is 0 Å². The normalized spacial score (nSPS) is 22.7. The van der Waals surface area contributed by atoms with E-state index in [2.05, 4.69) is 21.2 Å². The maximum atomic E-state index is 12.3. The van der Waals surface area contributed by atoms with Crippen molar-refractivity contribution in [1.29, 1.82) is 0 Å². The highest BCUT2D eigenvalue weighted by atomic mass is 79.9. The van der Waals surface area contributed by atoms with Crippen molar-refractivity contribution in [3.63, 3.8) is 0 Å². The summed E-state index contributed by atoms with van der Waals surface area (Å²) < 4.78 is 7.34. The summed E-state index contributed by atoms with van der Waals surface area (Å²) in [6.07, 6.45) is 1.61. The zero-order valence-corrected chi connectivity index (χ0v) is 13.3. The molecule has 2 heterocycles. The Morgan fingerprint density at radius 3 is 2.85 bits per heavy atom. The molecular formula is C13H18BrN3O3. The van der Waals surface area contributed by atoms with E-state index in [-0.39, 0.29) is 23.7 Å². The standard InChI is InChI=1S/C13H18BrN3O3/c1-8-9(2)20-5-4-17(8)13(19)15-10-6-11(14)12(18)16(3)7-10/h6-9H,4-5H2,1-3H3,(H,15,19)/t8-,9+/m0/s1. The SMILES string of the molecule is C[C@H]1OCCN(C(=O)Nc2cc(Br)c(=O)n(C)c2)[C@H]1C. The van der Waals surface area contributed by atoms with Crippen LogP contribution in [0.15, 0.2) is 21.5 Å². The predicted molar refractivity (Wildman–Crippen MR) is 80.0 cm³/mol. The second-order valence-corrected chi connectivity index (χ2v) is 5.79. The van der Waals surface area contributed by atoms with Crippen LogP contribution in [0.3, 0.4) is 0 Å². The van der Waals surface area contributed by atoms with Gasteiger partial charge in [-0.15, -0.1) is 0 Å². The zero-order chi connectivity index (χ0) is 14.9. The van der Waals surface area contributed by atoms with Gasteiger partial charge in [-0.3, -0.25) is 4.79 Å².